The first-order chi connectivity index (χ1) is 13.3. The molecule has 6 nitrogen and oxygen atoms in total. The molecule has 0 aliphatic carbocycles. The first-order valence-corrected chi connectivity index (χ1v) is 10.3. The zero-order valence-electron chi connectivity index (χ0n) is 16.1. The number of benzene rings is 2. The summed E-state index contributed by atoms with van der Waals surface area (Å²) in [6.07, 6.45) is 0. The van der Waals surface area contributed by atoms with E-state index in [0.717, 1.165) is 11.1 Å². The summed E-state index contributed by atoms with van der Waals surface area (Å²) in [6, 6.07) is 9.61. The number of sulfonamides is 1. The quantitative estimate of drug-likeness (QED) is 0.785. The second-order valence-corrected chi connectivity index (χ2v) is 8.67. The average molecular weight is 403 g/mol. The Morgan fingerprint density at radius 2 is 1.71 bits per heavy atom. The maximum absolute atomic E-state index is 13.9. The van der Waals surface area contributed by atoms with Crippen molar-refractivity contribution in [1.29, 1.82) is 5.26 Å². The maximum atomic E-state index is 13.9. The molecule has 0 unspecified atom stereocenters. The van der Waals surface area contributed by atoms with Gasteiger partial charge in [-0.05, 0) is 49.2 Å². The van der Waals surface area contributed by atoms with Crippen LogP contribution in [0, 0.1) is 31.0 Å². The van der Waals surface area contributed by atoms with Gasteiger partial charge in [0.05, 0.1) is 17.7 Å². The fourth-order valence-electron chi connectivity index (χ4n) is 3.59. The van der Waals surface area contributed by atoms with Crippen molar-refractivity contribution in [2.45, 2.75) is 18.7 Å². The molecule has 148 valence electrons. The van der Waals surface area contributed by atoms with Crippen molar-refractivity contribution in [3.63, 3.8) is 0 Å². The molecule has 2 aromatic carbocycles. The van der Waals surface area contributed by atoms with Gasteiger partial charge in [-0.25, -0.2) is 12.8 Å². The highest BCUT2D eigenvalue weighted by molar-refractivity contribution is 7.89. The fraction of sp³-hybridized carbons (Fsp3) is 0.350. The number of nitrogens with zero attached hydrogens (tertiary/aromatic N) is 3. The van der Waals surface area contributed by atoms with Crippen molar-refractivity contribution >= 4 is 15.7 Å². The van der Waals surface area contributed by atoms with Crippen molar-refractivity contribution in [3.8, 4) is 11.8 Å². The van der Waals surface area contributed by atoms with Gasteiger partial charge < -0.3 is 9.64 Å². The van der Waals surface area contributed by atoms with Crippen molar-refractivity contribution in [1.82, 2.24) is 4.31 Å². The van der Waals surface area contributed by atoms with Crippen LogP contribution in [0.1, 0.15) is 16.7 Å². The Bertz CT molecular complexity index is 1020. The van der Waals surface area contributed by atoms with Crippen LogP contribution >= 0.6 is 0 Å². The monoisotopic (exact) mass is 403 g/mol. The van der Waals surface area contributed by atoms with Gasteiger partial charge in [0.25, 0.3) is 0 Å². The minimum absolute atomic E-state index is 0.0137. The number of hydrogen-bond acceptors (Lipinski definition) is 5. The van der Waals surface area contributed by atoms with Gasteiger partial charge in [0, 0.05) is 26.2 Å². The Morgan fingerprint density at radius 3 is 2.25 bits per heavy atom. The zero-order valence-corrected chi connectivity index (χ0v) is 16.9. The number of nitriles is 1. The molecule has 0 radical (unpaired) electrons. The number of ether oxygens (including phenoxy) is 1. The van der Waals surface area contributed by atoms with Crippen LogP contribution in [0.4, 0.5) is 10.1 Å². The third-order valence-corrected chi connectivity index (χ3v) is 6.83. The lowest BCUT2D eigenvalue weighted by molar-refractivity contribution is 0.384. The maximum Gasteiger partial charge on any atom is 0.243 e. The van der Waals surface area contributed by atoms with Crippen LogP contribution in [0.2, 0.25) is 0 Å². The lowest BCUT2D eigenvalue weighted by Gasteiger charge is -2.35. The smallest absolute Gasteiger partial charge is 0.243 e. The molecule has 0 bridgehead atoms. The lowest BCUT2D eigenvalue weighted by Crippen LogP contribution is -2.48. The molecule has 1 aliphatic heterocycles. The fourth-order valence-corrected chi connectivity index (χ4v) is 5.18. The Morgan fingerprint density at radius 1 is 1.11 bits per heavy atom. The molecule has 0 N–H and O–H groups in total. The Balaban J connectivity index is 1.82. The second-order valence-electron chi connectivity index (χ2n) is 6.73. The molecule has 28 heavy (non-hydrogen) atoms. The molecule has 0 aromatic heterocycles. The number of piperazine rings is 1. The van der Waals surface area contributed by atoms with E-state index >= 15 is 0 Å². The lowest BCUT2D eigenvalue weighted by atomic mass is 10.1. The van der Waals surface area contributed by atoms with Crippen LogP contribution in [-0.4, -0.2) is 46.0 Å². The first-order valence-electron chi connectivity index (χ1n) is 8.88. The summed E-state index contributed by atoms with van der Waals surface area (Å²) in [5.74, 6) is 0.109. The number of rotatable bonds is 4. The number of halogens is 1. The van der Waals surface area contributed by atoms with Crippen LogP contribution in [0.5, 0.6) is 5.75 Å². The van der Waals surface area contributed by atoms with Crippen LogP contribution in [-0.2, 0) is 10.0 Å². The van der Waals surface area contributed by atoms with E-state index < -0.39 is 15.8 Å². The zero-order chi connectivity index (χ0) is 20.5. The molecule has 8 heteroatoms. The van der Waals surface area contributed by atoms with E-state index in [1.54, 1.807) is 31.4 Å². The normalized spacial score (nSPS) is 15.3. The standard InChI is InChI=1S/C20H22FN3O3S/c1-14-11-16(12-15(2)20(14)27-3)28(25,26)24-9-7-23(8-10-24)19-6-4-5-18(21)17(19)13-22/h4-6,11-12H,7-10H2,1-3H3. The molecule has 0 amide bonds. The van der Waals surface area contributed by atoms with Gasteiger partial charge >= 0.3 is 0 Å². The van der Waals surface area contributed by atoms with Crippen LogP contribution in [0.3, 0.4) is 0 Å². The predicted molar refractivity (Wildman–Crippen MR) is 105 cm³/mol. The SMILES string of the molecule is COc1c(C)cc(S(=O)(=O)N2CCN(c3cccc(F)c3C#N)CC2)cc1C. The van der Waals surface area contributed by atoms with E-state index in [-0.39, 0.29) is 23.5 Å². The Hall–Kier alpha value is -2.63. The average Bonchev–Trinajstić information content (AvgIpc) is 2.67. The number of methoxy groups -OCH3 is 1. The summed E-state index contributed by atoms with van der Waals surface area (Å²) in [6.45, 7) is 4.91. The molecule has 1 aliphatic rings. The van der Waals surface area contributed by atoms with Gasteiger partial charge in [-0.3, -0.25) is 0 Å². The van der Waals surface area contributed by atoms with Gasteiger partial charge in [-0.1, -0.05) is 6.07 Å². The first kappa shape index (κ1) is 20.1. The predicted octanol–water partition coefficient (Wildman–Crippen LogP) is 2.83. The summed E-state index contributed by atoms with van der Waals surface area (Å²) in [7, 11) is -2.09. The molecule has 0 atom stereocenters. The molecule has 0 saturated carbocycles. The molecular formula is C20H22FN3O3S. The number of hydrogen-bond donors (Lipinski definition) is 0. The van der Waals surface area contributed by atoms with Gasteiger partial charge in [0.15, 0.2) is 0 Å². The number of anilines is 1. The van der Waals surface area contributed by atoms with Crippen molar-refractivity contribution in [2.75, 3.05) is 38.2 Å². The molecular weight excluding hydrogens is 381 g/mol. The largest absolute Gasteiger partial charge is 0.496 e. The summed E-state index contributed by atoms with van der Waals surface area (Å²) >= 11 is 0. The topological polar surface area (TPSA) is 73.6 Å². The van der Waals surface area contributed by atoms with E-state index in [2.05, 4.69) is 0 Å². The van der Waals surface area contributed by atoms with Crippen LogP contribution < -0.4 is 9.64 Å². The van der Waals surface area contributed by atoms with Crippen molar-refractivity contribution < 1.29 is 17.5 Å². The van der Waals surface area contributed by atoms with Crippen molar-refractivity contribution in [3.05, 3.63) is 52.8 Å². The molecule has 0 spiro atoms. The van der Waals surface area contributed by atoms with Gasteiger partial charge in [-0.2, -0.15) is 9.57 Å². The molecule has 1 fully saturated rings. The van der Waals surface area contributed by atoms with Gasteiger partial charge in [-0.15, -0.1) is 0 Å². The van der Waals surface area contributed by atoms with E-state index in [1.807, 2.05) is 24.8 Å². The third kappa shape index (κ3) is 3.55. The highest BCUT2D eigenvalue weighted by atomic mass is 32.2. The van der Waals surface area contributed by atoms with E-state index in [9.17, 15) is 18.1 Å². The van der Waals surface area contributed by atoms with E-state index in [0.29, 0.717) is 24.5 Å². The molecule has 2 aromatic rings. The highest BCUT2D eigenvalue weighted by Gasteiger charge is 2.30. The van der Waals surface area contributed by atoms with Crippen LogP contribution in [0.25, 0.3) is 0 Å². The van der Waals surface area contributed by atoms with E-state index in [4.69, 9.17) is 4.74 Å². The van der Waals surface area contributed by atoms with Gasteiger partial charge in [0.1, 0.15) is 23.2 Å². The van der Waals surface area contributed by atoms with Gasteiger partial charge in [0.2, 0.25) is 10.0 Å². The minimum atomic E-state index is -3.65. The summed E-state index contributed by atoms with van der Waals surface area (Å²) < 4.78 is 46.7. The van der Waals surface area contributed by atoms with Crippen LogP contribution in [0.15, 0.2) is 35.2 Å². The third-order valence-electron chi connectivity index (χ3n) is 4.96. The second kappa shape index (κ2) is 7.78. The molecule has 1 saturated heterocycles. The van der Waals surface area contributed by atoms with E-state index in [1.165, 1.54) is 10.4 Å². The molecule has 1 heterocycles. The summed E-state index contributed by atoms with van der Waals surface area (Å²) in [4.78, 5) is 2.08. The minimum Gasteiger partial charge on any atom is -0.496 e. The Kier molecular flexibility index (Phi) is 5.59. The summed E-state index contributed by atoms with van der Waals surface area (Å²) in [5, 5.41) is 9.22. The number of aryl methyl sites for hydroxylation is 2. The highest BCUT2D eigenvalue weighted by Crippen LogP contribution is 2.29. The van der Waals surface area contributed by atoms with Crippen molar-refractivity contribution in [2.24, 2.45) is 0 Å². The molecule has 3 rings (SSSR count). The Labute approximate surface area is 164 Å². The summed E-state index contributed by atoms with van der Waals surface area (Å²) in [5.41, 5.74) is 2.01.